The van der Waals surface area contributed by atoms with Crippen LogP contribution in [-0.4, -0.2) is 16.0 Å². The Morgan fingerprint density at radius 3 is 2.26 bits per heavy atom. The fourth-order valence-electron chi connectivity index (χ4n) is 1.89. The predicted molar refractivity (Wildman–Crippen MR) is 82.8 cm³/mol. The van der Waals surface area contributed by atoms with Crippen LogP contribution in [0.25, 0.3) is 0 Å². The number of nitrogens with zero attached hydrogens (tertiary/aromatic N) is 2. The molecule has 2 unspecified atom stereocenters. The molecule has 0 spiro atoms. The molecule has 0 aliphatic heterocycles. The average molecular weight is 293 g/mol. The summed E-state index contributed by atoms with van der Waals surface area (Å²) in [7, 11) is 0. The summed E-state index contributed by atoms with van der Waals surface area (Å²) in [5.74, 6) is 0. The first-order valence-corrected chi connectivity index (χ1v) is 7.96. The van der Waals surface area contributed by atoms with E-state index in [0.717, 1.165) is 16.5 Å². The third-order valence-corrected chi connectivity index (χ3v) is 5.28. The van der Waals surface area contributed by atoms with Gasteiger partial charge in [-0.2, -0.15) is 0 Å². The van der Waals surface area contributed by atoms with Gasteiger partial charge in [0.1, 0.15) is 0 Å². The van der Waals surface area contributed by atoms with Crippen LogP contribution in [0.2, 0.25) is 0 Å². The van der Waals surface area contributed by atoms with Crippen LogP contribution in [0.5, 0.6) is 0 Å². The van der Waals surface area contributed by atoms with Gasteiger partial charge in [0, 0.05) is 27.2 Å². The van der Waals surface area contributed by atoms with E-state index in [0.29, 0.717) is 0 Å². The highest BCUT2D eigenvalue weighted by atomic mass is 32.2. The van der Waals surface area contributed by atoms with Gasteiger partial charge in [-0.3, -0.25) is 0 Å². The highest BCUT2D eigenvalue weighted by Crippen LogP contribution is 2.38. The van der Waals surface area contributed by atoms with E-state index in [1.165, 1.54) is 9.75 Å². The lowest BCUT2D eigenvalue weighted by atomic mass is 10.2. The molecule has 0 amide bonds. The Kier molecular flexibility index (Phi) is 4.60. The number of aromatic nitrogens is 2. The summed E-state index contributed by atoms with van der Waals surface area (Å²) in [4.78, 5) is 11.6. The van der Waals surface area contributed by atoms with Crippen molar-refractivity contribution in [3.05, 3.63) is 39.3 Å². The Labute approximate surface area is 122 Å². The van der Waals surface area contributed by atoms with Gasteiger partial charge >= 0.3 is 0 Å². The molecule has 3 nitrogen and oxygen atoms in total. The van der Waals surface area contributed by atoms with E-state index in [1.54, 1.807) is 23.1 Å². The maximum absolute atomic E-state index is 6.13. The van der Waals surface area contributed by atoms with Gasteiger partial charge in [0.15, 0.2) is 5.16 Å². The molecule has 0 fully saturated rings. The molecule has 2 heterocycles. The van der Waals surface area contributed by atoms with Crippen LogP contribution in [0.15, 0.2) is 23.4 Å². The molecule has 0 aromatic carbocycles. The quantitative estimate of drug-likeness (QED) is 0.690. The van der Waals surface area contributed by atoms with Crippen LogP contribution in [0.3, 0.4) is 0 Å². The first-order valence-electron chi connectivity index (χ1n) is 6.26. The number of aryl methyl sites for hydroxylation is 3. The molecule has 2 atom stereocenters. The molecule has 19 heavy (non-hydrogen) atoms. The molecule has 2 N–H and O–H groups in total. The lowest BCUT2D eigenvalue weighted by molar-refractivity contribution is 0.725. The maximum Gasteiger partial charge on any atom is 0.188 e. The van der Waals surface area contributed by atoms with Gasteiger partial charge in [-0.05, 0) is 45.9 Å². The van der Waals surface area contributed by atoms with Crippen molar-refractivity contribution in [1.82, 2.24) is 9.97 Å². The Hall–Kier alpha value is -0.910. The summed E-state index contributed by atoms with van der Waals surface area (Å²) < 4.78 is 0. The molecule has 0 aliphatic rings. The van der Waals surface area contributed by atoms with E-state index < -0.39 is 0 Å². The Morgan fingerprint density at radius 1 is 1.16 bits per heavy atom. The summed E-state index contributed by atoms with van der Waals surface area (Å²) >= 11 is 3.45. The Balaban J connectivity index is 2.26. The second kappa shape index (κ2) is 6.03. The second-order valence-corrected chi connectivity index (χ2v) is 7.21. The topological polar surface area (TPSA) is 51.8 Å². The lowest BCUT2D eigenvalue weighted by Gasteiger charge is -2.18. The molecule has 0 saturated carbocycles. The SMILES string of the molecule is Cc1cc(C)nc(SC(c2ccc(C)s2)C(C)N)n1. The summed E-state index contributed by atoms with van der Waals surface area (Å²) in [5, 5.41) is 1.02. The number of hydrogen-bond acceptors (Lipinski definition) is 5. The third kappa shape index (κ3) is 3.78. The van der Waals surface area contributed by atoms with Crippen LogP contribution < -0.4 is 5.73 Å². The van der Waals surface area contributed by atoms with Gasteiger partial charge < -0.3 is 5.73 Å². The Morgan fingerprint density at radius 2 is 1.79 bits per heavy atom. The molecule has 2 aromatic rings. The first kappa shape index (κ1) is 14.5. The molecule has 0 aliphatic carbocycles. The summed E-state index contributed by atoms with van der Waals surface area (Å²) in [6.45, 7) is 8.14. The van der Waals surface area contributed by atoms with E-state index in [-0.39, 0.29) is 11.3 Å². The van der Waals surface area contributed by atoms with Crippen LogP contribution >= 0.6 is 23.1 Å². The summed E-state index contributed by atoms with van der Waals surface area (Å²) in [6.07, 6.45) is 0. The number of hydrogen-bond donors (Lipinski definition) is 1. The standard InChI is InChI=1S/C14H19N3S2/c1-8-7-9(2)17-14(16-8)19-13(11(4)15)12-6-5-10(3)18-12/h5-7,11,13H,15H2,1-4H3. The molecule has 5 heteroatoms. The van der Waals surface area contributed by atoms with Gasteiger partial charge in [0.05, 0.1) is 5.25 Å². The van der Waals surface area contributed by atoms with E-state index >= 15 is 0 Å². The van der Waals surface area contributed by atoms with Crippen molar-refractivity contribution in [3.8, 4) is 0 Å². The molecule has 0 saturated heterocycles. The fraction of sp³-hybridized carbons (Fsp3) is 0.429. The zero-order chi connectivity index (χ0) is 14.0. The predicted octanol–water partition coefficient (Wildman–Crippen LogP) is 3.64. The molecule has 2 rings (SSSR count). The van der Waals surface area contributed by atoms with E-state index in [9.17, 15) is 0 Å². The summed E-state index contributed by atoms with van der Waals surface area (Å²) in [6, 6.07) is 6.34. The Bertz CT molecular complexity index is 543. The molecular weight excluding hydrogens is 274 g/mol. The molecule has 0 bridgehead atoms. The van der Waals surface area contributed by atoms with Gasteiger partial charge in [0.25, 0.3) is 0 Å². The van der Waals surface area contributed by atoms with Gasteiger partial charge in [-0.1, -0.05) is 11.8 Å². The van der Waals surface area contributed by atoms with Crippen LogP contribution in [0.1, 0.15) is 33.3 Å². The van der Waals surface area contributed by atoms with Crippen molar-refractivity contribution in [2.45, 2.75) is 44.1 Å². The van der Waals surface area contributed by atoms with Gasteiger partial charge in [-0.15, -0.1) is 11.3 Å². The smallest absolute Gasteiger partial charge is 0.188 e. The zero-order valence-corrected chi connectivity index (χ0v) is 13.3. The largest absolute Gasteiger partial charge is 0.327 e. The average Bonchev–Trinajstić information content (AvgIpc) is 2.70. The fourth-order valence-corrected chi connectivity index (χ4v) is 4.18. The highest BCUT2D eigenvalue weighted by molar-refractivity contribution is 7.99. The lowest BCUT2D eigenvalue weighted by Crippen LogP contribution is -2.22. The first-order chi connectivity index (χ1) is 8.95. The van der Waals surface area contributed by atoms with Crippen molar-refractivity contribution in [1.29, 1.82) is 0 Å². The third-order valence-electron chi connectivity index (χ3n) is 2.71. The van der Waals surface area contributed by atoms with E-state index in [1.807, 2.05) is 26.8 Å². The molecular formula is C14H19N3S2. The number of rotatable bonds is 4. The van der Waals surface area contributed by atoms with Crippen molar-refractivity contribution >= 4 is 23.1 Å². The van der Waals surface area contributed by atoms with Crippen LogP contribution in [0.4, 0.5) is 0 Å². The number of thioether (sulfide) groups is 1. The minimum atomic E-state index is 0.0625. The minimum Gasteiger partial charge on any atom is -0.327 e. The van der Waals surface area contributed by atoms with Crippen molar-refractivity contribution in [2.24, 2.45) is 5.73 Å². The highest BCUT2D eigenvalue weighted by Gasteiger charge is 2.21. The normalized spacial score (nSPS) is 14.4. The zero-order valence-electron chi connectivity index (χ0n) is 11.7. The number of nitrogens with two attached hydrogens (primary N) is 1. The van der Waals surface area contributed by atoms with Crippen molar-refractivity contribution in [2.75, 3.05) is 0 Å². The van der Waals surface area contributed by atoms with E-state index in [4.69, 9.17) is 5.73 Å². The monoisotopic (exact) mass is 293 g/mol. The van der Waals surface area contributed by atoms with Gasteiger partial charge in [0.2, 0.25) is 0 Å². The maximum atomic E-state index is 6.13. The second-order valence-electron chi connectivity index (χ2n) is 4.78. The number of thiophene rings is 1. The minimum absolute atomic E-state index is 0.0625. The van der Waals surface area contributed by atoms with Gasteiger partial charge in [-0.25, -0.2) is 9.97 Å². The van der Waals surface area contributed by atoms with Crippen molar-refractivity contribution in [3.63, 3.8) is 0 Å². The molecule has 0 radical (unpaired) electrons. The van der Waals surface area contributed by atoms with Crippen LogP contribution in [0, 0.1) is 20.8 Å². The summed E-state index contributed by atoms with van der Waals surface area (Å²) in [5.41, 5.74) is 8.13. The van der Waals surface area contributed by atoms with Crippen molar-refractivity contribution < 1.29 is 0 Å². The van der Waals surface area contributed by atoms with Crippen LogP contribution in [-0.2, 0) is 0 Å². The molecule has 2 aromatic heterocycles. The molecule has 102 valence electrons. The van der Waals surface area contributed by atoms with E-state index in [2.05, 4.69) is 29.0 Å².